The van der Waals surface area contributed by atoms with E-state index in [0.29, 0.717) is 18.5 Å². The zero-order valence-electron chi connectivity index (χ0n) is 11.9. The molecule has 0 saturated carbocycles. The second kappa shape index (κ2) is 4.47. The number of benzene rings is 1. The van der Waals surface area contributed by atoms with E-state index in [4.69, 9.17) is 0 Å². The summed E-state index contributed by atoms with van der Waals surface area (Å²) in [6.07, 6.45) is -3.96. The van der Waals surface area contributed by atoms with E-state index in [1.54, 1.807) is 36.2 Å². The van der Waals surface area contributed by atoms with E-state index in [0.717, 1.165) is 10.5 Å². The van der Waals surface area contributed by atoms with Crippen LogP contribution in [-0.4, -0.2) is 48.1 Å². The Labute approximate surface area is 121 Å². The first-order valence-corrected chi connectivity index (χ1v) is 6.99. The Bertz CT molecular complexity index is 587. The van der Waals surface area contributed by atoms with Gasteiger partial charge in [-0.05, 0) is 25.1 Å². The Morgan fingerprint density at radius 1 is 1.33 bits per heavy atom. The maximum atomic E-state index is 13.4. The highest BCUT2D eigenvalue weighted by atomic mass is 19.4. The first-order chi connectivity index (χ1) is 9.81. The Balaban J connectivity index is 2.20. The highest BCUT2D eigenvalue weighted by molar-refractivity contribution is 6.00. The van der Waals surface area contributed by atoms with Gasteiger partial charge in [0, 0.05) is 18.7 Å². The zero-order chi connectivity index (χ0) is 15.4. The number of carbonyl (C=O) groups excluding carboxylic acids is 1. The number of alkyl halides is 3. The van der Waals surface area contributed by atoms with Crippen molar-refractivity contribution in [3.05, 3.63) is 35.4 Å². The highest BCUT2D eigenvalue weighted by Crippen LogP contribution is 2.48. The van der Waals surface area contributed by atoms with Crippen molar-refractivity contribution in [3.8, 4) is 0 Å². The minimum Gasteiger partial charge on any atom is -0.314 e. The van der Waals surface area contributed by atoms with Crippen molar-refractivity contribution in [2.24, 2.45) is 0 Å². The monoisotopic (exact) mass is 298 g/mol. The molecule has 2 atom stereocenters. The number of fused-ring (bicyclic) bond motifs is 3. The van der Waals surface area contributed by atoms with Crippen molar-refractivity contribution in [3.63, 3.8) is 0 Å². The summed E-state index contributed by atoms with van der Waals surface area (Å²) in [5.41, 5.74) is 0.253. The van der Waals surface area contributed by atoms with E-state index in [1.165, 1.54) is 0 Å². The molecule has 0 aliphatic carbocycles. The van der Waals surface area contributed by atoms with Crippen LogP contribution in [0.15, 0.2) is 24.3 Å². The summed E-state index contributed by atoms with van der Waals surface area (Å²) >= 11 is 0. The Morgan fingerprint density at radius 2 is 2.00 bits per heavy atom. The van der Waals surface area contributed by atoms with Gasteiger partial charge >= 0.3 is 6.18 Å². The molecule has 1 fully saturated rings. The van der Waals surface area contributed by atoms with Crippen molar-refractivity contribution in [2.75, 3.05) is 20.1 Å². The Kier molecular flexibility index (Phi) is 3.06. The molecule has 0 radical (unpaired) electrons. The third kappa shape index (κ3) is 1.88. The number of likely N-dealkylation sites (N-methyl/N-ethyl adjacent to an activating group) is 1. The van der Waals surface area contributed by atoms with Crippen molar-refractivity contribution in [1.82, 2.24) is 9.80 Å². The fourth-order valence-corrected chi connectivity index (χ4v) is 3.74. The highest BCUT2D eigenvalue weighted by Gasteiger charge is 2.60. The average Bonchev–Trinajstić information content (AvgIpc) is 2.68. The summed E-state index contributed by atoms with van der Waals surface area (Å²) in [5, 5.41) is 0. The lowest BCUT2D eigenvalue weighted by molar-refractivity contribution is -0.206. The maximum absolute atomic E-state index is 13.4. The second-order valence-electron chi connectivity index (χ2n) is 5.86. The topological polar surface area (TPSA) is 23.6 Å². The lowest BCUT2D eigenvalue weighted by atomic mass is 9.83. The molecule has 2 aliphatic heterocycles. The van der Waals surface area contributed by atoms with Crippen molar-refractivity contribution in [2.45, 2.75) is 31.1 Å². The van der Waals surface area contributed by atoms with Crippen molar-refractivity contribution < 1.29 is 18.0 Å². The lowest BCUT2D eigenvalue weighted by Gasteiger charge is -2.50. The fraction of sp³-hybridized carbons (Fsp3) is 0.533. The molecular formula is C15H17F3N2O. The summed E-state index contributed by atoms with van der Waals surface area (Å²) in [6.45, 7) is 2.10. The van der Waals surface area contributed by atoms with Gasteiger partial charge < -0.3 is 9.80 Å². The van der Waals surface area contributed by atoms with E-state index < -0.39 is 23.7 Å². The number of nitrogens with zero attached hydrogens (tertiary/aromatic N) is 2. The number of rotatable bonds is 1. The molecule has 1 amide bonds. The molecule has 0 bridgehead atoms. The number of hydrogen-bond acceptors (Lipinski definition) is 2. The molecule has 0 spiro atoms. The van der Waals surface area contributed by atoms with Crippen LogP contribution in [0.2, 0.25) is 0 Å². The molecule has 6 heteroatoms. The SMILES string of the molecule is CCC12CN(C)CC(C(F)(F)F)N1C(=O)c1ccccc12. The summed E-state index contributed by atoms with van der Waals surface area (Å²) < 4.78 is 40.3. The first-order valence-electron chi connectivity index (χ1n) is 6.99. The minimum absolute atomic E-state index is 0.176. The van der Waals surface area contributed by atoms with Crippen LogP contribution in [0.5, 0.6) is 0 Å². The summed E-state index contributed by atoms with van der Waals surface area (Å²) in [7, 11) is 1.68. The van der Waals surface area contributed by atoms with Gasteiger partial charge in [0.25, 0.3) is 5.91 Å². The predicted octanol–water partition coefficient (Wildman–Crippen LogP) is 2.62. The second-order valence-corrected chi connectivity index (χ2v) is 5.86. The molecule has 2 unspecified atom stereocenters. The van der Waals surface area contributed by atoms with Crippen LogP contribution in [0.25, 0.3) is 0 Å². The van der Waals surface area contributed by atoms with Crippen LogP contribution in [0.4, 0.5) is 13.2 Å². The number of halogens is 3. The smallest absolute Gasteiger partial charge is 0.314 e. The lowest BCUT2D eigenvalue weighted by Crippen LogP contribution is -2.66. The third-order valence-electron chi connectivity index (χ3n) is 4.63. The van der Waals surface area contributed by atoms with Gasteiger partial charge in [0.2, 0.25) is 0 Å². The van der Waals surface area contributed by atoms with E-state index in [-0.39, 0.29) is 6.54 Å². The summed E-state index contributed by atoms with van der Waals surface area (Å²) in [5.74, 6) is -0.497. The molecule has 3 rings (SSSR count). The maximum Gasteiger partial charge on any atom is 0.410 e. The molecule has 21 heavy (non-hydrogen) atoms. The molecule has 0 N–H and O–H groups in total. The fourth-order valence-electron chi connectivity index (χ4n) is 3.74. The normalized spacial score (nSPS) is 29.5. The van der Waals surface area contributed by atoms with E-state index in [9.17, 15) is 18.0 Å². The largest absolute Gasteiger partial charge is 0.410 e. The number of carbonyl (C=O) groups is 1. The Hall–Kier alpha value is -1.56. The molecular weight excluding hydrogens is 281 g/mol. The van der Waals surface area contributed by atoms with Gasteiger partial charge in [-0.2, -0.15) is 13.2 Å². The summed E-state index contributed by atoms with van der Waals surface area (Å²) in [6, 6.07) is 5.13. The van der Waals surface area contributed by atoms with Gasteiger partial charge in [0.1, 0.15) is 6.04 Å². The predicted molar refractivity (Wildman–Crippen MR) is 71.9 cm³/mol. The molecule has 0 aromatic heterocycles. The van der Waals surface area contributed by atoms with Gasteiger partial charge in [-0.3, -0.25) is 4.79 Å². The van der Waals surface area contributed by atoms with Crippen LogP contribution in [0, 0.1) is 0 Å². The zero-order valence-corrected chi connectivity index (χ0v) is 11.9. The van der Waals surface area contributed by atoms with Gasteiger partial charge in [0.15, 0.2) is 0 Å². The van der Waals surface area contributed by atoms with Crippen molar-refractivity contribution >= 4 is 5.91 Å². The van der Waals surface area contributed by atoms with Crippen LogP contribution < -0.4 is 0 Å². The standard InChI is InChI=1S/C15H17F3N2O/c1-3-14-9-19(2)8-12(15(16,17)18)20(14)13(21)10-6-4-5-7-11(10)14/h4-7,12H,3,8-9H2,1-2H3. The van der Waals surface area contributed by atoms with E-state index in [2.05, 4.69) is 0 Å². The number of hydrogen-bond donors (Lipinski definition) is 0. The van der Waals surface area contributed by atoms with E-state index >= 15 is 0 Å². The molecule has 1 saturated heterocycles. The number of amides is 1. The molecule has 1 aromatic carbocycles. The van der Waals surface area contributed by atoms with Crippen LogP contribution >= 0.6 is 0 Å². The van der Waals surface area contributed by atoms with Crippen LogP contribution in [-0.2, 0) is 5.54 Å². The van der Waals surface area contributed by atoms with Crippen LogP contribution in [0.3, 0.4) is 0 Å². The first kappa shape index (κ1) is 14.4. The Morgan fingerprint density at radius 3 is 2.62 bits per heavy atom. The molecule has 2 heterocycles. The van der Waals surface area contributed by atoms with Gasteiger partial charge in [-0.25, -0.2) is 0 Å². The molecule has 2 aliphatic rings. The van der Waals surface area contributed by atoms with Crippen LogP contribution in [0.1, 0.15) is 29.3 Å². The minimum atomic E-state index is -4.42. The van der Waals surface area contributed by atoms with E-state index in [1.807, 2.05) is 6.92 Å². The quantitative estimate of drug-likeness (QED) is 0.796. The third-order valence-corrected chi connectivity index (χ3v) is 4.63. The van der Waals surface area contributed by atoms with Gasteiger partial charge in [-0.1, -0.05) is 25.1 Å². The number of piperazine rings is 1. The molecule has 1 aromatic rings. The van der Waals surface area contributed by atoms with Crippen molar-refractivity contribution in [1.29, 1.82) is 0 Å². The summed E-state index contributed by atoms with van der Waals surface area (Å²) in [4.78, 5) is 15.3. The average molecular weight is 298 g/mol. The molecule has 114 valence electrons. The van der Waals surface area contributed by atoms with Gasteiger partial charge in [0.05, 0.1) is 5.54 Å². The van der Waals surface area contributed by atoms with Gasteiger partial charge in [-0.15, -0.1) is 0 Å². The molecule has 3 nitrogen and oxygen atoms in total.